The van der Waals surface area contributed by atoms with E-state index in [9.17, 15) is 14.4 Å². The standard InChI is InChI=1S/C11H17N3O5/c1-14(7-3-6-12)11(18)13-8(10(16)17)4-5-9(15)19-2/h8H,3-5,7H2,1-2H3,(H,13,18)(H,16,17)/t8-/m1/s1. The molecule has 0 aromatic rings. The van der Waals surface area contributed by atoms with Crippen LogP contribution < -0.4 is 5.32 Å². The molecule has 2 amide bonds. The van der Waals surface area contributed by atoms with Crippen molar-refractivity contribution in [3.05, 3.63) is 0 Å². The van der Waals surface area contributed by atoms with Gasteiger partial charge in [-0.25, -0.2) is 9.59 Å². The van der Waals surface area contributed by atoms with Crippen LogP contribution in [0.5, 0.6) is 0 Å². The highest BCUT2D eigenvalue weighted by Crippen LogP contribution is 2.01. The van der Waals surface area contributed by atoms with Crippen LogP contribution in [0.4, 0.5) is 4.79 Å². The fourth-order valence-electron chi connectivity index (χ4n) is 1.20. The maximum Gasteiger partial charge on any atom is 0.326 e. The lowest BCUT2D eigenvalue weighted by Crippen LogP contribution is -2.47. The third-order valence-electron chi connectivity index (χ3n) is 2.37. The van der Waals surface area contributed by atoms with Crippen LogP contribution >= 0.6 is 0 Å². The minimum absolute atomic E-state index is 0.0557. The Morgan fingerprint density at radius 2 is 2.11 bits per heavy atom. The lowest BCUT2D eigenvalue weighted by molar-refractivity contribution is -0.142. The molecule has 0 bridgehead atoms. The van der Waals surface area contributed by atoms with Crippen LogP contribution in [0.2, 0.25) is 0 Å². The number of urea groups is 1. The number of carbonyl (C=O) groups excluding carboxylic acids is 2. The van der Waals surface area contributed by atoms with E-state index in [1.54, 1.807) is 0 Å². The molecule has 0 radical (unpaired) electrons. The van der Waals surface area contributed by atoms with E-state index in [4.69, 9.17) is 10.4 Å². The van der Waals surface area contributed by atoms with Crippen molar-refractivity contribution in [3.8, 4) is 6.07 Å². The van der Waals surface area contributed by atoms with Gasteiger partial charge in [-0.15, -0.1) is 0 Å². The van der Waals surface area contributed by atoms with Crippen LogP contribution in [0.1, 0.15) is 19.3 Å². The summed E-state index contributed by atoms with van der Waals surface area (Å²) in [5.74, 6) is -1.77. The molecule has 8 nitrogen and oxygen atoms in total. The molecule has 0 aliphatic rings. The smallest absolute Gasteiger partial charge is 0.326 e. The van der Waals surface area contributed by atoms with Crippen LogP contribution in [-0.2, 0) is 14.3 Å². The van der Waals surface area contributed by atoms with Gasteiger partial charge in [0.15, 0.2) is 0 Å². The van der Waals surface area contributed by atoms with Gasteiger partial charge in [0.1, 0.15) is 6.04 Å². The molecular formula is C11H17N3O5. The number of nitrogens with one attached hydrogen (secondary N) is 1. The third-order valence-corrected chi connectivity index (χ3v) is 2.37. The highest BCUT2D eigenvalue weighted by atomic mass is 16.5. The van der Waals surface area contributed by atoms with Crippen molar-refractivity contribution in [1.29, 1.82) is 5.26 Å². The molecule has 0 aliphatic heterocycles. The molecule has 0 saturated heterocycles. The van der Waals surface area contributed by atoms with Crippen LogP contribution in [0.3, 0.4) is 0 Å². The van der Waals surface area contributed by atoms with E-state index in [2.05, 4.69) is 10.1 Å². The second kappa shape index (κ2) is 8.74. The summed E-state index contributed by atoms with van der Waals surface area (Å²) in [6.45, 7) is 0.200. The van der Waals surface area contributed by atoms with E-state index >= 15 is 0 Å². The number of aliphatic carboxylic acids is 1. The Labute approximate surface area is 110 Å². The molecule has 0 fully saturated rings. The molecule has 0 aromatic heterocycles. The second-order valence-corrected chi connectivity index (χ2v) is 3.78. The summed E-state index contributed by atoms with van der Waals surface area (Å²) in [5.41, 5.74) is 0. The number of ether oxygens (including phenoxy) is 1. The van der Waals surface area contributed by atoms with E-state index in [1.165, 1.54) is 19.1 Å². The van der Waals surface area contributed by atoms with Crippen molar-refractivity contribution in [2.24, 2.45) is 0 Å². The lowest BCUT2D eigenvalue weighted by Gasteiger charge is -2.20. The number of esters is 1. The molecule has 2 N–H and O–H groups in total. The number of methoxy groups -OCH3 is 1. The summed E-state index contributed by atoms with van der Waals surface area (Å²) in [6, 6.07) is 0.104. The van der Waals surface area contributed by atoms with E-state index in [1.807, 2.05) is 6.07 Å². The molecule has 0 heterocycles. The highest BCUT2D eigenvalue weighted by Gasteiger charge is 2.22. The first kappa shape index (κ1) is 16.7. The van der Waals surface area contributed by atoms with Crippen LogP contribution in [0, 0.1) is 11.3 Å². The monoisotopic (exact) mass is 271 g/mol. The molecule has 0 saturated carbocycles. The summed E-state index contributed by atoms with van der Waals surface area (Å²) >= 11 is 0. The van der Waals surface area contributed by atoms with Gasteiger partial charge >= 0.3 is 18.0 Å². The number of carbonyl (C=O) groups is 3. The molecule has 1 atom stereocenters. The SMILES string of the molecule is COC(=O)CC[C@@H](NC(=O)N(C)CCC#N)C(=O)O. The van der Waals surface area contributed by atoms with E-state index in [0.29, 0.717) is 0 Å². The molecule has 8 heteroatoms. The van der Waals surface area contributed by atoms with Gasteiger partial charge in [-0.2, -0.15) is 5.26 Å². The zero-order chi connectivity index (χ0) is 14.8. The fraction of sp³-hybridized carbons (Fsp3) is 0.636. The average Bonchev–Trinajstić information content (AvgIpc) is 2.39. The van der Waals surface area contributed by atoms with Gasteiger partial charge in [-0.3, -0.25) is 4.79 Å². The Hall–Kier alpha value is -2.30. The minimum atomic E-state index is -1.23. The number of amides is 2. The van der Waals surface area contributed by atoms with Crippen LogP contribution in [-0.4, -0.2) is 54.7 Å². The normalized spacial score (nSPS) is 11.0. The Bertz CT molecular complexity index is 377. The molecule has 0 rings (SSSR count). The number of carboxylic acids is 1. The molecule has 0 unspecified atom stereocenters. The largest absolute Gasteiger partial charge is 0.480 e. The second-order valence-electron chi connectivity index (χ2n) is 3.78. The molecule has 106 valence electrons. The van der Waals surface area contributed by atoms with Crippen molar-refractivity contribution in [3.63, 3.8) is 0 Å². The number of nitrogens with zero attached hydrogens (tertiary/aromatic N) is 2. The number of rotatable bonds is 7. The van der Waals surface area contributed by atoms with Crippen molar-refractivity contribution in [2.45, 2.75) is 25.3 Å². The first-order chi connectivity index (χ1) is 8.92. The first-order valence-electron chi connectivity index (χ1n) is 5.60. The number of hydrogen-bond acceptors (Lipinski definition) is 5. The van der Waals surface area contributed by atoms with Gasteiger partial charge in [0.05, 0.1) is 19.6 Å². The summed E-state index contributed by atoms with van der Waals surface area (Å²) in [4.78, 5) is 34.7. The van der Waals surface area contributed by atoms with Gasteiger partial charge in [0.25, 0.3) is 0 Å². The van der Waals surface area contributed by atoms with Crippen molar-refractivity contribution in [1.82, 2.24) is 10.2 Å². The number of hydrogen-bond donors (Lipinski definition) is 2. The van der Waals surface area contributed by atoms with Gasteiger partial charge in [0, 0.05) is 20.0 Å². The summed E-state index contributed by atoms with van der Waals surface area (Å²) in [6.07, 6.45) is -0.000683. The third kappa shape index (κ3) is 6.88. The molecular weight excluding hydrogens is 254 g/mol. The Morgan fingerprint density at radius 3 is 2.58 bits per heavy atom. The minimum Gasteiger partial charge on any atom is -0.480 e. The zero-order valence-electron chi connectivity index (χ0n) is 10.9. The zero-order valence-corrected chi connectivity index (χ0v) is 10.9. The Morgan fingerprint density at radius 1 is 1.47 bits per heavy atom. The summed E-state index contributed by atoms with van der Waals surface area (Å²) in [5, 5.41) is 19.6. The van der Waals surface area contributed by atoms with Gasteiger partial charge < -0.3 is 20.1 Å². The number of nitriles is 1. The molecule has 0 spiro atoms. The van der Waals surface area contributed by atoms with Crippen molar-refractivity contribution >= 4 is 18.0 Å². The summed E-state index contributed by atoms with van der Waals surface area (Å²) < 4.78 is 4.39. The topological polar surface area (TPSA) is 120 Å². The number of carboxylic acid groups (broad SMARTS) is 1. The Balaban J connectivity index is 4.34. The molecule has 19 heavy (non-hydrogen) atoms. The van der Waals surface area contributed by atoms with Crippen LogP contribution in [0.25, 0.3) is 0 Å². The maximum atomic E-state index is 11.6. The first-order valence-corrected chi connectivity index (χ1v) is 5.60. The quantitative estimate of drug-likeness (QED) is 0.626. The van der Waals surface area contributed by atoms with Crippen LogP contribution in [0.15, 0.2) is 0 Å². The highest BCUT2D eigenvalue weighted by molar-refractivity contribution is 5.83. The van der Waals surface area contributed by atoms with Crippen molar-refractivity contribution in [2.75, 3.05) is 20.7 Å². The Kier molecular flexibility index (Phi) is 7.68. The molecule has 0 aromatic carbocycles. The fourth-order valence-corrected chi connectivity index (χ4v) is 1.20. The van der Waals surface area contributed by atoms with Gasteiger partial charge in [-0.05, 0) is 6.42 Å². The summed E-state index contributed by atoms with van der Waals surface area (Å²) in [7, 11) is 2.65. The van der Waals surface area contributed by atoms with Crippen molar-refractivity contribution < 1.29 is 24.2 Å². The predicted octanol–water partition coefficient (Wildman–Crippen LogP) is -0.0521. The van der Waals surface area contributed by atoms with E-state index < -0.39 is 24.0 Å². The van der Waals surface area contributed by atoms with E-state index in [0.717, 1.165) is 0 Å². The lowest BCUT2D eigenvalue weighted by atomic mass is 10.1. The van der Waals surface area contributed by atoms with Gasteiger partial charge in [-0.1, -0.05) is 0 Å². The molecule has 0 aliphatic carbocycles. The van der Waals surface area contributed by atoms with E-state index in [-0.39, 0.29) is 25.8 Å². The van der Waals surface area contributed by atoms with Gasteiger partial charge in [0.2, 0.25) is 0 Å². The predicted molar refractivity (Wildman–Crippen MR) is 64.1 cm³/mol. The average molecular weight is 271 g/mol. The maximum absolute atomic E-state index is 11.6.